The number of nitrogens with zero attached hydrogens (tertiary/aromatic N) is 14. The zero-order chi connectivity index (χ0) is 84.3. The van der Waals surface area contributed by atoms with Gasteiger partial charge in [0, 0.05) is 0 Å². The molecule has 0 saturated heterocycles. The maximum Gasteiger partial charge on any atom is 0.394 e. The summed E-state index contributed by atoms with van der Waals surface area (Å²) in [5.74, 6) is 0. The molecule has 0 saturated carbocycles. The van der Waals surface area contributed by atoms with E-state index in [1.165, 1.54) is 275 Å². The van der Waals surface area contributed by atoms with Gasteiger partial charge in [-0.25, -0.2) is 0 Å². The van der Waals surface area contributed by atoms with E-state index in [0.29, 0.717) is 0 Å². The molecule has 0 atom stereocenters. The highest BCUT2D eigenvalue weighted by Gasteiger charge is 1.97. The van der Waals surface area contributed by atoms with Crippen molar-refractivity contribution in [1.82, 2.24) is 68.6 Å². The Kier molecular flexibility index (Phi) is 171. The van der Waals surface area contributed by atoms with E-state index in [9.17, 15) is 0 Å². The van der Waals surface area contributed by atoms with E-state index in [1.807, 2.05) is 0 Å². The van der Waals surface area contributed by atoms with Gasteiger partial charge in [0.15, 0.2) is 0 Å². The van der Waals surface area contributed by atoms with Gasteiger partial charge in [0.2, 0.25) is 0 Å². The first kappa shape index (κ1) is 138. The van der Waals surface area contributed by atoms with Gasteiger partial charge in [-0.15, -0.1) is 0 Å². The maximum atomic E-state index is 8.74. The molecule has 19 heteroatoms. The summed E-state index contributed by atoms with van der Waals surface area (Å²) in [5.41, 5.74) is 0. The fraction of sp³-hybridized carbons (Fsp3) is 1.00. The van der Waals surface area contributed by atoms with E-state index in [4.69, 9.17) is 17.5 Å². The van der Waals surface area contributed by atoms with Crippen LogP contribution in [0.3, 0.4) is 0 Å². The zero-order valence-electron chi connectivity index (χ0n) is 80.1. The molecule has 0 unspecified atom stereocenters. The third kappa shape index (κ3) is 144. The Morgan fingerprint density at radius 3 is 0.136 bits per heavy atom. The summed E-state index contributed by atoms with van der Waals surface area (Å²) in [5, 5.41) is 0. The molecular formula is C84H212N14O4S. The fourth-order valence-electron chi connectivity index (χ4n) is 9.39. The van der Waals surface area contributed by atoms with Crippen molar-refractivity contribution < 1.29 is 17.5 Å². The molecule has 103 heavy (non-hydrogen) atoms. The molecule has 0 rings (SSSR count). The predicted molar refractivity (Wildman–Crippen MR) is 483 cm³/mol. The van der Waals surface area contributed by atoms with Crippen molar-refractivity contribution in [3.8, 4) is 0 Å². The van der Waals surface area contributed by atoms with Crippen LogP contribution in [0.2, 0.25) is 0 Å². The van der Waals surface area contributed by atoms with E-state index in [-0.39, 0.29) is 0 Å². The van der Waals surface area contributed by atoms with Gasteiger partial charge in [0.1, 0.15) is 0 Å². The molecule has 0 aromatic carbocycles. The van der Waals surface area contributed by atoms with Gasteiger partial charge in [-0.1, -0.05) is 291 Å². The molecular weight excluding hydrogens is 1300 g/mol. The Morgan fingerprint density at radius 1 is 0.117 bits per heavy atom. The Labute approximate surface area is 658 Å². The van der Waals surface area contributed by atoms with Gasteiger partial charge in [0.25, 0.3) is 0 Å². The molecule has 18 nitrogen and oxygen atoms in total. The molecule has 0 aliphatic carbocycles. The minimum absolute atomic E-state index is 1.19. The first-order valence-corrected chi connectivity index (χ1v) is 45.1. The molecule has 0 aliphatic rings. The van der Waals surface area contributed by atoms with E-state index >= 15 is 0 Å². The highest BCUT2D eigenvalue weighted by molar-refractivity contribution is 7.79. The summed E-state index contributed by atoms with van der Waals surface area (Å²) in [4.78, 5) is 33.2. The Morgan fingerprint density at radius 2 is 0.136 bits per heavy atom. The standard InChI is InChI=1S/14C6H15N.H2O4S/c14*1-4-7(5-2)6-3;1-5(2,3)4/h14*4-6H2,1-3H3;(H2,1,2,3,4). The van der Waals surface area contributed by atoms with Crippen molar-refractivity contribution in [3.05, 3.63) is 0 Å². The lowest BCUT2D eigenvalue weighted by Crippen LogP contribution is -2.21. The zero-order valence-corrected chi connectivity index (χ0v) is 80.9. The Bertz CT molecular complexity index is 916. The second-order valence-corrected chi connectivity index (χ2v) is 24.0. The first-order valence-electron chi connectivity index (χ1n) is 43.7. The second-order valence-electron chi connectivity index (χ2n) is 23.1. The average Bonchev–Trinajstić information content (AvgIpc) is 3.67. The van der Waals surface area contributed by atoms with Crippen LogP contribution in [0.5, 0.6) is 0 Å². The highest BCUT2D eigenvalue weighted by Crippen LogP contribution is 1.90. The van der Waals surface area contributed by atoms with E-state index < -0.39 is 10.4 Å². The largest absolute Gasteiger partial charge is 0.394 e. The summed E-state index contributed by atoms with van der Waals surface area (Å²) in [6.45, 7) is 142. The van der Waals surface area contributed by atoms with Crippen molar-refractivity contribution in [2.45, 2.75) is 291 Å². The van der Waals surface area contributed by atoms with E-state index in [0.717, 1.165) is 0 Å². The van der Waals surface area contributed by atoms with E-state index in [1.54, 1.807) is 0 Å². The van der Waals surface area contributed by atoms with Crippen LogP contribution >= 0.6 is 0 Å². The average molecular weight is 1510 g/mol. The highest BCUT2D eigenvalue weighted by atomic mass is 32.3. The lowest BCUT2D eigenvalue weighted by atomic mass is 10.5. The van der Waals surface area contributed by atoms with Gasteiger partial charge in [0.05, 0.1) is 0 Å². The Hall–Kier alpha value is -0.690. The molecule has 0 amide bonds. The van der Waals surface area contributed by atoms with Gasteiger partial charge >= 0.3 is 10.4 Å². The number of hydrogen-bond acceptors (Lipinski definition) is 16. The summed E-state index contributed by atoms with van der Waals surface area (Å²) in [6.07, 6.45) is 0. The molecule has 0 radical (unpaired) electrons. The predicted octanol–water partition coefficient (Wildman–Crippen LogP) is 18.2. The van der Waals surface area contributed by atoms with Gasteiger partial charge in [-0.3, -0.25) is 9.11 Å². The molecule has 0 bridgehead atoms. The molecule has 0 aromatic rings. The van der Waals surface area contributed by atoms with Crippen molar-refractivity contribution in [2.24, 2.45) is 0 Å². The molecule has 0 spiro atoms. The summed E-state index contributed by atoms with van der Waals surface area (Å²) in [7, 11) is -4.67. The van der Waals surface area contributed by atoms with Crippen LogP contribution < -0.4 is 0 Å². The molecule has 648 valence electrons. The van der Waals surface area contributed by atoms with Crippen LogP contribution in [-0.4, -0.2) is 361 Å². The van der Waals surface area contributed by atoms with Crippen molar-refractivity contribution in [1.29, 1.82) is 0 Å². The molecule has 2 N–H and O–H groups in total. The third-order valence-electron chi connectivity index (χ3n) is 18.8. The summed E-state index contributed by atoms with van der Waals surface area (Å²) < 4.78 is 31.6. The quantitative estimate of drug-likeness (QED) is 0.0564. The number of hydrogen-bond donors (Lipinski definition) is 2. The summed E-state index contributed by atoms with van der Waals surface area (Å²) >= 11 is 0. The summed E-state index contributed by atoms with van der Waals surface area (Å²) in [6, 6.07) is 0. The van der Waals surface area contributed by atoms with Gasteiger partial charge in [-0.05, 0) is 275 Å². The SMILES string of the molecule is CCN(CC)CC.CCN(CC)CC.CCN(CC)CC.CCN(CC)CC.CCN(CC)CC.CCN(CC)CC.CCN(CC)CC.CCN(CC)CC.CCN(CC)CC.CCN(CC)CC.CCN(CC)CC.CCN(CC)CC.CCN(CC)CC.CCN(CC)CC.O=S(=O)(O)O. The second kappa shape index (κ2) is 128. The lowest BCUT2D eigenvalue weighted by molar-refractivity contribution is 0.321. The monoisotopic (exact) mass is 1510 g/mol. The van der Waals surface area contributed by atoms with E-state index in [2.05, 4.69) is 359 Å². The van der Waals surface area contributed by atoms with Crippen LogP contribution in [0.25, 0.3) is 0 Å². The molecule has 0 aromatic heterocycles. The van der Waals surface area contributed by atoms with Crippen molar-refractivity contribution in [3.63, 3.8) is 0 Å². The minimum Gasteiger partial charge on any atom is -0.304 e. The van der Waals surface area contributed by atoms with Gasteiger partial charge < -0.3 is 68.6 Å². The molecule has 0 fully saturated rings. The van der Waals surface area contributed by atoms with Crippen LogP contribution in [0.1, 0.15) is 291 Å². The third-order valence-corrected chi connectivity index (χ3v) is 18.8. The van der Waals surface area contributed by atoms with Crippen molar-refractivity contribution in [2.75, 3.05) is 275 Å². The van der Waals surface area contributed by atoms with Crippen LogP contribution in [0, 0.1) is 0 Å². The van der Waals surface area contributed by atoms with Crippen LogP contribution in [0.15, 0.2) is 0 Å². The first-order chi connectivity index (χ1) is 48.8. The van der Waals surface area contributed by atoms with Crippen LogP contribution in [-0.2, 0) is 10.4 Å². The van der Waals surface area contributed by atoms with Crippen molar-refractivity contribution >= 4 is 10.4 Å². The minimum atomic E-state index is -4.67. The fourth-order valence-corrected chi connectivity index (χ4v) is 9.39. The molecule has 0 aliphatic heterocycles. The Balaban J connectivity index is -0.0000000620. The lowest BCUT2D eigenvalue weighted by Gasteiger charge is -2.13. The number of rotatable bonds is 42. The topological polar surface area (TPSA) is 120 Å². The maximum absolute atomic E-state index is 8.74. The smallest absolute Gasteiger partial charge is 0.304 e. The normalized spacial score (nSPS) is 10.3. The van der Waals surface area contributed by atoms with Crippen LogP contribution in [0.4, 0.5) is 0 Å². The molecule has 0 heterocycles. The van der Waals surface area contributed by atoms with Gasteiger partial charge in [-0.2, -0.15) is 8.42 Å².